The van der Waals surface area contributed by atoms with E-state index in [-0.39, 0.29) is 54.4 Å². The summed E-state index contributed by atoms with van der Waals surface area (Å²) in [5, 5.41) is 0. The van der Waals surface area contributed by atoms with Gasteiger partial charge in [0.05, 0.1) is 11.8 Å². The number of imide groups is 1. The van der Waals surface area contributed by atoms with Crippen LogP contribution in [0.3, 0.4) is 0 Å². The van der Waals surface area contributed by atoms with E-state index in [4.69, 9.17) is 0 Å². The van der Waals surface area contributed by atoms with Crippen LogP contribution in [-0.4, -0.2) is 36.2 Å². The molecule has 1 saturated carbocycles. The van der Waals surface area contributed by atoms with Gasteiger partial charge in [-0.3, -0.25) is 19.3 Å². The first-order chi connectivity index (χ1) is 12.0. The monoisotopic (exact) mass is 338 g/mol. The molecule has 0 aromatic heterocycles. The van der Waals surface area contributed by atoms with Gasteiger partial charge in [0.2, 0.25) is 17.7 Å². The number of fused-ring (bicyclic) bond motifs is 5. The SMILES string of the molecule is Cc1cccc(N(C)C(=O)CCN2C(=O)[C@H]3[C@H](C2=O)[C@H]2C=C[C@H]3C2)c1. The molecule has 2 fully saturated rings. The molecule has 1 aromatic rings. The summed E-state index contributed by atoms with van der Waals surface area (Å²) in [5.74, 6) is -0.219. The first kappa shape index (κ1) is 16.1. The molecular formula is C20H22N2O3. The van der Waals surface area contributed by atoms with Gasteiger partial charge in [0.25, 0.3) is 0 Å². The fourth-order valence-corrected chi connectivity index (χ4v) is 4.54. The minimum Gasteiger partial charge on any atom is -0.315 e. The van der Waals surface area contributed by atoms with Crippen LogP contribution in [0.25, 0.3) is 0 Å². The van der Waals surface area contributed by atoms with Gasteiger partial charge in [0.1, 0.15) is 0 Å². The van der Waals surface area contributed by atoms with Gasteiger partial charge >= 0.3 is 0 Å². The van der Waals surface area contributed by atoms with Crippen molar-refractivity contribution in [2.75, 3.05) is 18.5 Å². The molecule has 5 heteroatoms. The van der Waals surface area contributed by atoms with Crippen molar-refractivity contribution in [3.63, 3.8) is 0 Å². The Hall–Kier alpha value is -2.43. The second-order valence-corrected chi connectivity index (χ2v) is 7.37. The molecule has 4 rings (SSSR count). The Morgan fingerprint density at radius 2 is 1.80 bits per heavy atom. The predicted octanol–water partition coefficient (Wildman–Crippen LogP) is 2.16. The lowest BCUT2D eigenvalue weighted by molar-refractivity contribution is -0.140. The molecule has 3 amide bonds. The van der Waals surface area contributed by atoms with E-state index in [0.717, 1.165) is 17.7 Å². The van der Waals surface area contributed by atoms with Gasteiger partial charge in [0.15, 0.2) is 0 Å². The molecule has 0 spiro atoms. The largest absolute Gasteiger partial charge is 0.315 e. The normalized spacial score (nSPS) is 29.4. The van der Waals surface area contributed by atoms with Crippen LogP contribution in [0.4, 0.5) is 5.69 Å². The molecular weight excluding hydrogens is 316 g/mol. The summed E-state index contributed by atoms with van der Waals surface area (Å²) >= 11 is 0. The molecule has 1 saturated heterocycles. The summed E-state index contributed by atoms with van der Waals surface area (Å²) in [6.07, 6.45) is 5.24. The van der Waals surface area contributed by atoms with Gasteiger partial charge < -0.3 is 4.90 Å². The quantitative estimate of drug-likeness (QED) is 0.624. The molecule has 1 aromatic carbocycles. The second kappa shape index (κ2) is 5.83. The molecule has 1 aliphatic heterocycles. The number of carbonyl (C=O) groups excluding carboxylic acids is 3. The number of aryl methyl sites for hydroxylation is 1. The maximum absolute atomic E-state index is 12.6. The summed E-state index contributed by atoms with van der Waals surface area (Å²) in [6.45, 7) is 2.16. The zero-order valence-electron chi connectivity index (χ0n) is 14.5. The van der Waals surface area contributed by atoms with Crippen molar-refractivity contribution in [1.29, 1.82) is 0 Å². The van der Waals surface area contributed by atoms with E-state index in [9.17, 15) is 14.4 Å². The minimum atomic E-state index is -0.188. The zero-order chi connectivity index (χ0) is 17.7. The van der Waals surface area contributed by atoms with Crippen molar-refractivity contribution < 1.29 is 14.4 Å². The average Bonchev–Trinajstić information content (AvgIpc) is 3.27. The highest BCUT2D eigenvalue weighted by Crippen LogP contribution is 2.52. The number of carbonyl (C=O) groups is 3. The number of benzene rings is 1. The van der Waals surface area contributed by atoms with E-state index in [1.165, 1.54) is 4.90 Å². The molecule has 4 atom stereocenters. The Morgan fingerprint density at radius 3 is 2.40 bits per heavy atom. The van der Waals surface area contributed by atoms with Gasteiger partial charge in [-0.25, -0.2) is 0 Å². The Morgan fingerprint density at radius 1 is 1.16 bits per heavy atom. The standard InChI is InChI=1S/C20H22N2O3/c1-12-4-3-5-15(10-12)21(2)16(23)8-9-22-19(24)17-13-6-7-14(11-13)18(17)20(22)25/h3-7,10,13-14,17-18H,8-9,11H2,1-2H3/t13-,14-,17+,18+/m0/s1. The predicted molar refractivity (Wildman–Crippen MR) is 93.6 cm³/mol. The van der Waals surface area contributed by atoms with Gasteiger partial charge in [-0.15, -0.1) is 0 Å². The van der Waals surface area contributed by atoms with E-state index < -0.39 is 0 Å². The third-order valence-corrected chi connectivity index (χ3v) is 5.87. The van der Waals surface area contributed by atoms with Gasteiger partial charge in [-0.05, 0) is 42.9 Å². The highest BCUT2D eigenvalue weighted by molar-refractivity contribution is 6.06. The van der Waals surface area contributed by atoms with E-state index in [1.807, 2.05) is 31.2 Å². The molecule has 0 radical (unpaired) electrons. The van der Waals surface area contributed by atoms with Crippen LogP contribution in [0.15, 0.2) is 36.4 Å². The Bertz CT molecular complexity index is 755. The smallest absolute Gasteiger partial charge is 0.233 e. The zero-order valence-corrected chi connectivity index (χ0v) is 14.5. The number of allylic oxidation sites excluding steroid dienone is 2. The van der Waals surface area contributed by atoms with Crippen molar-refractivity contribution >= 4 is 23.4 Å². The summed E-state index contributed by atoms with van der Waals surface area (Å²) in [7, 11) is 1.73. The van der Waals surface area contributed by atoms with Gasteiger partial charge in [-0.1, -0.05) is 24.3 Å². The number of nitrogens with zero attached hydrogens (tertiary/aromatic N) is 2. The lowest BCUT2D eigenvalue weighted by Crippen LogP contribution is -2.37. The summed E-state index contributed by atoms with van der Waals surface area (Å²) < 4.78 is 0. The molecule has 0 unspecified atom stereocenters. The van der Waals surface area contributed by atoms with E-state index in [2.05, 4.69) is 12.2 Å². The first-order valence-corrected chi connectivity index (χ1v) is 8.84. The lowest BCUT2D eigenvalue weighted by Gasteiger charge is -2.21. The fraction of sp³-hybridized carbons (Fsp3) is 0.450. The molecule has 1 heterocycles. The number of amides is 3. The topological polar surface area (TPSA) is 57.7 Å². The maximum atomic E-state index is 12.6. The lowest BCUT2D eigenvalue weighted by atomic mass is 9.85. The van der Waals surface area contributed by atoms with E-state index >= 15 is 0 Å². The maximum Gasteiger partial charge on any atom is 0.233 e. The third-order valence-electron chi connectivity index (χ3n) is 5.87. The molecule has 130 valence electrons. The molecule has 2 bridgehead atoms. The van der Waals surface area contributed by atoms with Crippen molar-refractivity contribution in [3.8, 4) is 0 Å². The molecule has 2 aliphatic carbocycles. The third kappa shape index (κ3) is 2.49. The van der Waals surface area contributed by atoms with Gasteiger partial charge in [0, 0.05) is 25.7 Å². The highest BCUT2D eigenvalue weighted by atomic mass is 16.2. The fourth-order valence-electron chi connectivity index (χ4n) is 4.54. The number of anilines is 1. The van der Waals surface area contributed by atoms with Crippen LogP contribution in [0, 0.1) is 30.6 Å². The van der Waals surface area contributed by atoms with Crippen molar-refractivity contribution in [2.24, 2.45) is 23.7 Å². The summed E-state index contributed by atoms with van der Waals surface area (Å²) in [4.78, 5) is 40.6. The van der Waals surface area contributed by atoms with Crippen molar-refractivity contribution in [2.45, 2.75) is 19.8 Å². The molecule has 5 nitrogen and oxygen atoms in total. The molecule has 0 N–H and O–H groups in total. The number of rotatable bonds is 4. The minimum absolute atomic E-state index is 0.0853. The van der Waals surface area contributed by atoms with Crippen LogP contribution in [0.2, 0.25) is 0 Å². The summed E-state index contributed by atoms with van der Waals surface area (Å²) in [6, 6.07) is 7.71. The van der Waals surface area contributed by atoms with E-state index in [0.29, 0.717) is 0 Å². The Balaban J connectivity index is 1.41. The van der Waals surface area contributed by atoms with Crippen LogP contribution in [0.5, 0.6) is 0 Å². The Labute approximate surface area is 147 Å². The van der Waals surface area contributed by atoms with Gasteiger partial charge in [-0.2, -0.15) is 0 Å². The number of hydrogen-bond donors (Lipinski definition) is 0. The first-order valence-electron chi connectivity index (χ1n) is 8.84. The average molecular weight is 338 g/mol. The van der Waals surface area contributed by atoms with Crippen molar-refractivity contribution in [3.05, 3.63) is 42.0 Å². The van der Waals surface area contributed by atoms with Crippen molar-refractivity contribution in [1.82, 2.24) is 4.90 Å². The molecule has 25 heavy (non-hydrogen) atoms. The second-order valence-electron chi connectivity index (χ2n) is 7.37. The number of likely N-dealkylation sites (tertiary alicyclic amines) is 1. The van der Waals surface area contributed by atoms with Crippen LogP contribution in [-0.2, 0) is 14.4 Å². The van der Waals surface area contributed by atoms with Crippen LogP contribution in [0.1, 0.15) is 18.4 Å². The highest BCUT2D eigenvalue weighted by Gasteiger charge is 2.59. The summed E-state index contributed by atoms with van der Waals surface area (Å²) in [5.41, 5.74) is 1.90. The Kier molecular flexibility index (Phi) is 3.74. The van der Waals surface area contributed by atoms with Crippen LogP contribution < -0.4 is 4.90 Å². The van der Waals surface area contributed by atoms with E-state index in [1.54, 1.807) is 11.9 Å². The molecule has 3 aliphatic rings. The van der Waals surface area contributed by atoms with Crippen LogP contribution >= 0.6 is 0 Å². The number of hydrogen-bond acceptors (Lipinski definition) is 3.